The van der Waals surface area contributed by atoms with Gasteiger partial charge in [0.05, 0.1) is 12.1 Å². The maximum Gasteiger partial charge on any atom is 0.257 e. The third-order valence-electron chi connectivity index (χ3n) is 1.93. The minimum absolute atomic E-state index is 0.0786. The lowest BCUT2D eigenvalue weighted by Gasteiger charge is -2.15. The number of halogens is 1. The van der Waals surface area contributed by atoms with E-state index in [1.165, 1.54) is 7.05 Å². The largest absolute Gasteiger partial charge is 0.507 e. The third kappa shape index (κ3) is 2.69. The van der Waals surface area contributed by atoms with Gasteiger partial charge in [-0.3, -0.25) is 9.59 Å². The lowest BCUT2D eigenvalue weighted by Crippen LogP contribution is -2.35. The average molecular weight is 226 g/mol. The standard InChI is InChI=1S/C10H11FN2O3/c1-13(5-9(12)15)10(16)7-3-2-6(11)4-8(7)14/h2-4,14H,5H2,1H3,(H2,12,15). The Morgan fingerprint density at radius 3 is 2.62 bits per heavy atom. The van der Waals surface area contributed by atoms with Gasteiger partial charge < -0.3 is 15.7 Å². The Morgan fingerprint density at radius 2 is 2.12 bits per heavy atom. The molecule has 1 aromatic rings. The van der Waals surface area contributed by atoms with Gasteiger partial charge >= 0.3 is 0 Å². The molecule has 0 spiro atoms. The molecule has 16 heavy (non-hydrogen) atoms. The summed E-state index contributed by atoms with van der Waals surface area (Å²) in [5, 5.41) is 9.34. The van der Waals surface area contributed by atoms with Crippen molar-refractivity contribution in [3.8, 4) is 5.75 Å². The maximum absolute atomic E-state index is 12.7. The van der Waals surface area contributed by atoms with Crippen molar-refractivity contribution in [3.63, 3.8) is 0 Å². The van der Waals surface area contributed by atoms with Crippen LogP contribution in [-0.4, -0.2) is 35.4 Å². The Balaban J connectivity index is 2.92. The second-order valence-corrected chi connectivity index (χ2v) is 3.29. The van der Waals surface area contributed by atoms with Gasteiger partial charge in [-0.15, -0.1) is 0 Å². The van der Waals surface area contributed by atoms with Crippen molar-refractivity contribution in [1.82, 2.24) is 4.90 Å². The summed E-state index contributed by atoms with van der Waals surface area (Å²) in [4.78, 5) is 23.3. The summed E-state index contributed by atoms with van der Waals surface area (Å²) in [6.45, 7) is -0.268. The molecule has 86 valence electrons. The van der Waals surface area contributed by atoms with Crippen molar-refractivity contribution in [2.45, 2.75) is 0 Å². The van der Waals surface area contributed by atoms with Gasteiger partial charge in [-0.05, 0) is 12.1 Å². The molecule has 3 N–H and O–H groups in total. The first-order valence-corrected chi connectivity index (χ1v) is 4.44. The fourth-order valence-electron chi connectivity index (χ4n) is 1.20. The van der Waals surface area contributed by atoms with Crippen molar-refractivity contribution in [2.75, 3.05) is 13.6 Å². The second-order valence-electron chi connectivity index (χ2n) is 3.29. The molecule has 0 saturated carbocycles. The number of phenolic OH excluding ortho intramolecular Hbond substituents is 1. The van der Waals surface area contributed by atoms with Crippen molar-refractivity contribution >= 4 is 11.8 Å². The van der Waals surface area contributed by atoms with E-state index < -0.39 is 23.4 Å². The number of carbonyl (C=O) groups excluding carboxylic acids is 2. The molecule has 1 aromatic carbocycles. The molecule has 0 aliphatic rings. The highest BCUT2D eigenvalue weighted by molar-refractivity contribution is 5.98. The van der Waals surface area contributed by atoms with Gasteiger partial charge in [0.15, 0.2) is 0 Å². The van der Waals surface area contributed by atoms with Gasteiger partial charge in [-0.1, -0.05) is 0 Å². The molecule has 0 aliphatic heterocycles. The van der Waals surface area contributed by atoms with Gasteiger partial charge in [-0.25, -0.2) is 4.39 Å². The summed E-state index contributed by atoms with van der Waals surface area (Å²) in [5.41, 5.74) is 4.84. The smallest absolute Gasteiger partial charge is 0.257 e. The molecule has 6 heteroatoms. The monoisotopic (exact) mass is 226 g/mol. The van der Waals surface area contributed by atoms with Crippen LogP contribution < -0.4 is 5.73 Å². The summed E-state index contributed by atoms with van der Waals surface area (Å²) in [6.07, 6.45) is 0. The Bertz CT molecular complexity index is 434. The maximum atomic E-state index is 12.7. The minimum atomic E-state index is -0.669. The number of carbonyl (C=O) groups is 2. The van der Waals surface area contributed by atoms with Crippen LogP contribution in [0.25, 0.3) is 0 Å². The van der Waals surface area contributed by atoms with Crippen LogP contribution in [0.3, 0.4) is 0 Å². The molecular formula is C10H11FN2O3. The number of benzene rings is 1. The van der Waals surface area contributed by atoms with Gasteiger partial charge in [0, 0.05) is 13.1 Å². The fraction of sp³-hybridized carbons (Fsp3) is 0.200. The average Bonchev–Trinajstić information content (AvgIpc) is 2.15. The number of phenols is 1. The molecule has 0 bridgehead atoms. The first kappa shape index (κ1) is 12.0. The SMILES string of the molecule is CN(CC(N)=O)C(=O)c1ccc(F)cc1O. The Kier molecular flexibility index (Phi) is 3.44. The third-order valence-corrected chi connectivity index (χ3v) is 1.93. The fourth-order valence-corrected chi connectivity index (χ4v) is 1.20. The van der Waals surface area contributed by atoms with Crippen LogP contribution in [0.1, 0.15) is 10.4 Å². The van der Waals surface area contributed by atoms with Gasteiger partial charge in [0.2, 0.25) is 5.91 Å². The number of hydrogen-bond donors (Lipinski definition) is 2. The van der Waals surface area contributed by atoms with Crippen molar-refractivity contribution < 1.29 is 19.1 Å². The van der Waals surface area contributed by atoms with Crippen LogP contribution in [0, 0.1) is 5.82 Å². The first-order valence-electron chi connectivity index (χ1n) is 4.44. The molecule has 0 radical (unpaired) electrons. The zero-order chi connectivity index (χ0) is 12.3. The van der Waals surface area contributed by atoms with Crippen molar-refractivity contribution in [1.29, 1.82) is 0 Å². The van der Waals surface area contributed by atoms with Crippen LogP contribution in [0.15, 0.2) is 18.2 Å². The van der Waals surface area contributed by atoms with E-state index in [1.807, 2.05) is 0 Å². The molecule has 0 aliphatic carbocycles. The van der Waals surface area contributed by atoms with E-state index in [-0.39, 0.29) is 12.1 Å². The van der Waals surface area contributed by atoms with E-state index in [4.69, 9.17) is 5.73 Å². The summed E-state index contributed by atoms with van der Waals surface area (Å²) in [6, 6.07) is 3.01. The number of primary amides is 1. The van der Waals surface area contributed by atoms with E-state index in [2.05, 4.69) is 0 Å². The van der Waals surface area contributed by atoms with Crippen LogP contribution in [-0.2, 0) is 4.79 Å². The van der Waals surface area contributed by atoms with Gasteiger partial charge in [0.25, 0.3) is 5.91 Å². The normalized spacial score (nSPS) is 9.88. The molecule has 1 rings (SSSR count). The highest BCUT2D eigenvalue weighted by Gasteiger charge is 2.17. The van der Waals surface area contributed by atoms with E-state index in [9.17, 15) is 19.1 Å². The zero-order valence-corrected chi connectivity index (χ0v) is 8.61. The lowest BCUT2D eigenvalue weighted by molar-refractivity contribution is -0.118. The Hall–Kier alpha value is -2.11. The number of nitrogens with zero attached hydrogens (tertiary/aromatic N) is 1. The predicted molar refractivity (Wildman–Crippen MR) is 54.2 cm³/mol. The molecule has 0 unspecified atom stereocenters. The highest BCUT2D eigenvalue weighted by Crippen LogP contribution is 2.19. The Morgan fingerprint density at radius 1 is 1.50 bits per heavy atom. The second kappa shape index (κ2) is 4.61. The molecule has 0 heterocycles. The molecule has 5 nitrogen and oxygen atoms in total. The summed E-state index contributed by atoms with van der Waals surface area (Å²) < 4.78 is 12.7. The van der Waals surface area contributed by atoms with E-state index >= 15 is 0 Å². The topological polar surface area (TPSA) is 83.6 Å². The number of aromatic hydroxyl groups is 1. The predicted octanol–water partition coefficient (Wildman–Crippen LogP) is 0.0886. The van der Waals surface area contributed by atoms with Crippen molar-refractivity contribution in [2.24, 2.45) is 5.73 Å². The lowest BCUT2D eigenvalue weighted by atomic mass is 10.1. The zero-order valence-electron chi connectivity index (χ0n) is 8.61. The number of nitrogens with two attached hydrogens (primary N) is 1. The number of rotatable bonds is 3. The highest BCUT2D eigenvalue weighted by atomic mass is 19.1. The van der Waals surface area contributed by atoms with Crippen molar-refractivity contribution in [3.05, 3.63) is 29.6 Å². The van der Waals surface area contributed by atoms with E-state index in [0.717, 1.165) is 23.1 Å². The number of hydrogen-bond acceptors (Lipinski definition) is 3. The summed E-state index contributed by atoms with van der Waals surface area (Å²) in [7, 11) is 1.36. The first-order chi connectivity index (χ1) is 7.41. The van der Waals surface area contributed by atoms with E-state index in [1.54, 1.807) is 0 Å². The van der Waals surface area contributed by atoms with Crippen LogP contribution in [0.5, 0.6) is 5.75 Å². The minimum Gasteiger partial charge on any atom is -0.507 e. The van der Waals surface area contributed by atoms with Gasteiger partial charge in [-0.2, -0.15) is 0 Å². The number of likely N-dealkylation sites (N-methyl/N-ethyl adjacent to an activating group) is 1. The molecule has 2 amide bonds. The van der Waals surface area contributed by atoms with Gasteiger partial charge in [0.1, 0.15) is 11.6 Å². The molecule has 0 saturated heterocycles. The Labute approximate surface area is 91.3 Å². The number of amides is 2. The quantitative estimate of drug-likeness (QED) is 0.766. The molecule has 0 atom stereocenters. The molecule has 0 fully saturated rings. The summed E-state index contributed by atoms with van der Waals surface area (Å²) >= 11 is 0. The molecule has 0 aromatic heterocycles. The van der Waals surface area contributed by atoms with E-state index in [0.29, 0.717) is 0 Å². The van der Waals surface area contributed by atoms with Crippen LogP contribution in [0.4, 0.5) is 4.39 Å². The van der Waals surface area contributed by atoms with Crippen LogP contribution >= 0.6 is 0 Å². The van der Waals surface area contributed by atoms with Crippen LogP contribution in [0.2, 0.25) is 0 Å². The summed E-state index contributed by atoms with van der Waals surface area (Å²) in [5.74, 6) is -2.39. The molecular weight excluding hydrogens is 215 g/mol.